The van der Waals surface area contributed by atoms with Crippen molar-refractivity contribution in [3.05, 3.63) is 90.5 Å². The first-order valence-electron chi connectivity index (χ1n) is 8.51. The highest BCUT2D eigenvalue weighted by Gasteiger charge is 2.08. The van der Waals surface area contributed by atoms with Crippen molar-refractivity contribution in [2.24, 2.45) is 0 Å². The average molecular weight is 407 g/mol. The Morgan fingerprint density at radius 3 is 1.82 bits per heavy atom. The van der Waals surface area contributed by atoms with Gasteiger partial charge in [0.15, 0.2) is 10.2 Å². The van der Waals surface area contributed by atoms with Gasteiger partial charge in [-0.1, -0.05) is 60.7 Å². The van der Waals surface area contributed by atoms with Crippen molar-refractivity contribution in [1.29, 1.82) is 0 Å². The minimum absolute atomic E-state index is 0.120. The number of hydrogen-bond acceptors (Lipinski definition) is 3. The van der Waals surface area contributed by atoms with E-state index < -0.39 is 0 Å². The highest BCUT2D eigenvalue weighted by atomic mass is 32.1. The van der Waals surface area contributed by atoms with Gasteiger partial charge in [0.2, 0.25) is 0 Å². The van der Waals surface area contributed by atoms with Crippen LogP contribution in [0.3, 0.4) is 0 Å². The van der Waals surface area contributed by atoms with E-state index in [-0.39, 0.29) is 11.0 Å². The predicted octanol–water partition coefficient (Wildman–Crippen LogP) is 3.86. The first-order valence-corrected chi connectivity index (χ1v) is 9.32. The Kier molecular flexibility index (Phi) is 6.67. The van der Waals surface area contributed by atoms with Crippen LogP contribution in [0.15, 0.2) is 84.9 Å². The first-order chi connectivity index (χ1) is 13.6. The summed E-state index contributed by atoms with van der Waals surface area (Å²) in [5.74, 6) is -0.305. The fourth-order valence-corrected chi connectivity index (χ4v) is 2.76. The van der Waals surface area contributed by atoms with Crippen LogP contribution in [-0.2, 0) is 0 Å². The molecule has 140 valence electrons. The molecule has 0 atom stereocenters. The molecule has 1 amide bonds. The summed E-state index contributed by atoms with van der Waals surface area (Å²) in [6, 6.07) is 26.7. The van der Waals surface area contributed by atoms with Gasteiger partial charge in [-0.05, 0) is 59.8 Å². The Labute approximate surface area is 174 Å². The van der Waals surface area contributed by atoms with Crippen LogP contribution in [0, 0.1) is 0 Å². The van der Waals surface area contributed by atoms with Gasteiger partial charge >= 0.3 is 0 Å². The third kappa shape index (κ3) is 5.60. The zero-order valence-electron chi connectivity index (χ0n) is 14.8. The first kappa shape index (κ1) is 19.5. The molecule has 0 radical (unpaired) electrons. The summed E-state index contributed by atoms with van der Waals surface area (Å²) >= 11 is 10.3. The maximum absolute atomic E-state index is 12.3. The lowest BCUT2D eigenvalue weighted by Crippen LogP contribution is -2.49. The number of carbonyl (C=O) groups excluding carboxylic acids is 1. The second kappa shape index (κ2) is 9.59. The number of amides is 1. The topological polar surface area (TPSA) is 65.2 Å². The second-order valence-corrected chi connectivity index (χ2v) is 6.61. The van der Waals surface area contributed by atoms with E-state index in [4.69, 9.17) is 24.4 Å². The molecule has 0 fully saturated rings. The average Bonchev–Trinajstić information content (AvgIpc) is 2.74. The molecule has 0 unspecified atom stereocenters. The van der Waals surface area contributed by atoms with E-state index in [9.17, 15) is 4.79 Å². The standard InChI is InChI=1S/C21H18N4OS2/c26-19(17-13-11-16(12-14-17)15-7-3-1-4-8-15)23-21(28)25-24-20(27)22-18-9-5-2-6-10-18/h1-14H,(H2,22,24,27)(H2,23,25,26,28). The summed E-state index contributed by atoms with van der Waals surface area (Å²) in [5.41, 5.74) is 8.90. The van der Waals surface area contributed by atoms with Gasteiger partial charge in [0.25, 0.3) is 5.91 Å². The molecule has 28 heavy (non-hydrogen) atoms. The number of nitrogens with one attached hydrogen (secondary N) is 4. The SMILES string of the molecule is O=C(NC(=S)NNC(=S)Nc1ccccc1)c1ccc(-c2ccccc2)cc1. The zero-order valence-corrected chi connectivity index (χ0v) is 16.4. The Morgan fingerprint density at radius 2 is 1.18 bits per heavy atom. The molecule has 0 saturated heterocycles. The predicted molar refractivity (Wildman–Crippen MR) is 121 cm³/mol. The van der Waals surface area contributed by atoms with Gasteiger partial charge in [-0.3, -0.25) is 21.0 Å². The van der Waals surface area contributed by atoms with Gasteiger partial charge in [-0.15, -0.1) is 0 Å². The van der Waals surface area contributed by atoms with Gasteiger partial charge in [-0.2, -0.15) is 0 Å². The number of hydrogen-bond donors (Lipinski definition) is 4. The van der Waals surface area contributed by atoms with Gasteiger partial charge in [0.1, 0.15) is 0 Å². The third-order valence-electron chi connectivity index (χ3n) is 3.80. The number of benzene rings is 3. The van der Waals surface area contributed by atoms with Gasteiger partial charge in [0.05, 0.1) is 0 Å². The van der Waals surface area contributed by atoms with Crippen molar-refractivity contribution < 1.29 is 4.79 Å². The number of para-hydroxylation sites is 1. The Bertz CT molecular complexity index is 961. The van der Waals surface area contributed by atoms with E-state index in [2.05, 4.69) is 21.5 Å². The summed E-state index contributed by atoms with van der Waals surface area (Å²) in [6.45, 7) is 0. The smallest absolute Gasteiger partial charge is 0.257 e. The Morgan fingerprint density at radius 1 is 0.643 bits per heavy atom. The van der Waals surface area contributed by atoms with Crippen molar-refractivity contribution in [3.8, 4) is 11.1 Å². The van der Waals surface area contributed by atoms with Crippen molar-refractivity contribution in [3.63, 3.8) is 0 Å². The summed E-state index contributed by atoms with van der Waals surface area (Å²) in [4.78, 5) is 12.3. The molecule has 5 nitrogen and oxygen atoms in total. The van der Waals surface area contributed by atoms with Crippen LogP contribution >= 0.6 is 24.4 Å². The van der Waals surface area contributed by atoms with Crippen LogP contribution in [0.5, 0.6) is 0 Å². The third-order valence-corrected chi connectivity index (χ3v) is 4.21. The fraction of sp³-hybridized carbons (Fsp3) is 0. The quantitative estimate of drug-likeness (QED) is 0.391. The number of hydrazine groups is 1. The van der Waals surface area contributed by atoms with E-state index in [0.29, 0.717) is 10.7 Å². The van der Waals surface area contributed by atoms with Crippen molar-refractivity contribution >= 4 is 46.3 Å². The van der Waals surface area contributed by atoms with Crippen LogP contribution in [0.4, 0.5) is 5.69 Å². The lowest BCUT2D eigenvalue weighted by atomic mass is 10.0. The summed E-state index contributed by atoms with van der Waals surface area (Å²) in [5, 5.41) is 6.04. The van der Waals surface area contributed by atoms with Crippen LogP contribution in [0.2, 0.25) is 0 Å². The van der Waals surface area contributed by atoms with Crippen molar-refractivity contribution in [2.45, 2.75) is 0 Å². The molecular formula is C21H18N4OS2. The van der Waals surface area contributed by atoms with Gasteiger partial charge in [0, 0.05) is 11.3 Å². The molecule has 0 bridgehead atoms. The van der Waals surface area contributed by atoms with E-state index in [0.717, 1.165) is 16.8 Å². The Hall–Kier alpha value is -3.29. The molecular weight excluding hydrogens is 388 g/mol. The highest BCUT2D eigenvalue weighted by molar-refractivity contribution is 7.80. The van der Waals surface area contributed by atoms with Crippen molar-refractivity contribution in [1.82, 2.24) is 16.2 Å². The maximum Gasteiger partial charge on any atom is 0.257 e. The summed E-state index contributed by atoms with van der Waals surface area (Å²) in [6.07, 6.45) is 0. The minimum Gasteiger partial charge on any atom is -0.331 e. The molecule has 0 saturated carbocycles. The van der Waals surface area contributed by atoms with E-state index in [1.54, 1.807) is 12.1 Å². The highest BCUT2D eigenvalue weighted by Crippen LogP contribution is 2.19. The lowest BCUT2D eigenvalue weighted by molar-refractivity contribution is 0.0976. The van der Waals surface area contributed by atoms with E-state index >= 15 is 0 Å². The zero-order chi connectivity index (χ0) is 19.8. The number of anilines is 1. The molecule has 4 N–H and O–H groups in total. The molecule has 0 aliphatic heterocycles. The normalized spacial score (nSPS) is 9.86. The van der Waals surface area contributed by atoms with Crippen LogP contribution in [-0.4, -0.2) is 16.1 Å². The lowest BCUT2D eigenvalue weighted by Gasteiger charge is -2.13. The molecule has 3 aromatic rings. The summed E-state index contributed by atoms with van der Waals surface area (Å²) in [7, 11) is 0. The van der Waals surface area contributed by atoms with Crippen LogP contribution < -0.4 is 21.5 Å². The number of carbonyl (C=O) groups is 1. The molecule has 0 aliphatic rings. The molecule has 3 rings (SSSR count). The van der Waals surface area contributed by atoms with Crippen LogP contribution in [0.1, 0.15) is 10.4 Å². The van der Waals surface area contributed by atoms with Gasteiger partial charge in [-0.25, -0.2) is 0 Å². The number of thiocarbonyl (C=S) groups is 2. The van der Waals surface area contributed by atoms with E-state index in [1.807, 2.05) is 72.8 Å². The summed E-state index contributed by atoms with van der Waals surface area (Å²) < 4.78 is 0. The largest absolute Gasteiger partial charge is 0.331 e. The molecule has 0 spiro atoms. The molecule has 3 aromatic carbocycles. The Balaban J connectivity index is 1.48. The maximum atomic E-state index is 12.3. The monoisotopic (exact) mass is 406 g/mol. The minimum atomic E-state index is -0.305. The number of rotatable bonds is 3. The molecule has 0 aromatic heterocycles. The second-order valence-electron chi connectivity index (χ2n) is 5.80. The molecule has 0 heterocycles. The fourth-order valence-electron chi connectivity index (χ4n) is 2.45. The van der Waals surface area contributed by atoms with Crippen molar-refractivity contribution in [2.75, 3.05) is 5.32 Å². The molecule has 7 heteroatoms. The molecule has 0 aliphatic carbocycles. The van der Waals surface area contributed by atoms with E-state index in [1.165, 1.54) is 0 Å². The van der Waals surface area contributed by atoms with Crippen LogP contribution in [0.25, 0.3) is 11.1 Å². The van der Waals surface area contributed by atoms with Gasteiger partial charge < -0.3 is 5.32 Å².